The van der Waals surface area contributed by atoms with Gasteiger partial charge in [-0.1, -0.05) is 36.0 Å². The molecule has 8 heteroatoms. The Morgan fingerprint density at radius 3 is 2.04 bits per heavy atom. The predicted octanol–water partition coefficient (Wildman–Crippen LogP) is 3.84. The summed E-state index contributed by atoms with van der Waals surface area (Å²) in [5, 5.41) is 0. The highest BCUT2D eigenvalue weighted by Gasteiger charge is 2.16. The summed E-state index contributed by atoms with van der Waals surface area (Å²) in [4.78, 5) is 24.2. The Bertz CT molecular complexity index is 728. The van der Waals surface area contributed by atoms with Crippen LogP contribution in [0.1, 0.15) is 20.7 Å². The van der Waals surface area contributed by atoms with E-state index in [-0.39, 0.29) is 22.2 Å². The Morgan fingerprint density at radius 2 is 1.43 bits per heavy atom. The summed E-state index contributed by atoms with van der Waals surface area (Å²) in [5.74, 6) is -3.84. The molecule has 120 valence electrons. The van der Waals surface area contributed by atoms with Crippen molar-refractivity contribution in [3.63, 3.8) is 0 Å². The fraction of sp³-hybridized carbons (Fsp3) is 0.0667. The van der Waals surface area contributed by atoms with E-state index < -0.39 is 17.6 Å². The lowest BCUT2D eigenvalue weighted by molar-refractivity contribution is 0.0844. The largest absolute Gasteiger partial charge is 0.288 e. The molecule has 4 nitrogen and oxygen atoms in total. The summed E-state index contributed by atoms with van der Waals surface area (Å²) in [6.07, 6.45) is 0. The molecule has 2 amide bonds. The Morgan fingerprint density at radius 1 is 0.913 bits per heavy atom. The molecule has 0 aliphatic carbocycles. The van der Waals surface area contributed by atoms with E-state index in [0.29, 0.717) is 10.0 Å². The van der Waals surface area contributed by atoms with Gasteiger partial charge in [-0.05, 0) is 40.2 Å². The molecule has 0 heterocycles. The van der Waals surface area contributed by atoms with Gasteiger partial charge >= 0.3 is 0 Å². The van der Waals surface area contributed by atoms with Gasteiger partial charge in [-0.25, -0.2) is 0 Å². The van der Waals surface area contributed by atoms with Crippen LogP contribution in [0.15, 0.2) is 57.9 Å². The van der Waals surface area contributed by atoms with E-state index in [4.69, 9.17) is 0 Å². The highest BCUT2D eigenvalue weighted by Crippen LogP contribution is 2.28. The van der Waals surface area contributed by atoms with E-state index in [9.17, 15) is 18.4 Å². The molecule has 2 N–H and O–H groups in total. The van der Waals surface area contributed by atoms with Crippen molar-refractivity contribution in [2.45, 2.75) is 10.7 Å². The maximum Gasteiger partial charge on any atom is 0.288 e. The highest BCUT2D eigenvalue weighted by molar-refractivity contribution is 9.10. The molecular formula is C15H11BrF2N2O2S. The SMILES string of the molecule is O=C(NNC(=O)c1ccccc1SC(F)F)c1ccccc1Br. The van der Waals surface area contributed by atoms with Crippen LogP contribution in [-0.4, -0.2) is 17.6 Å². The number of rotatable bonds is 4. The van der Waals surface area contributed by atoms with Crippen molar-refractivity contribution < 1.29 is 18.4 Å². The van der Waals surface area contributed by atoms with Crippen LogP contribution in [0.4, 0.5) is 8.78 Å². The lowest BCUT2D eigenvalue weighted by atomic mass is 10.2. The van der Waals surface area contributed by atoms with Crippen LogP contribution in [0.5, 0.6) is 0 Å². The third kappa shape index (κ3) is 4.77. The van der Waals surface area contributed by atoms with Crippen LogP contribution in [0.25, 0.3) is 0 Å². The smallest absolute Gasteiger partial charge is 0.267 e. The van der Waals surface area contributed by atoms with Crippen molar-refractivity contribution in [3.05, 3.63) is 64.1 Å². The van der Waals surface area contributed by atoms with Crippen LogP contribution in [0.3, 0.4) is 0 Å². The first kappa shape index (κ1) is 17.4. The maximum absolute atomic E-state index is 12.5. The predicted molar refractivity (Wildman–Crippen MR) is 87.4 cm³/mol. The molecule has 0 saturated carbocycles. The minimum atomic E-state index is -2.64. The first-order valence-corrected chi connectivity index (χ1v) is 8.05. The molecule has 0 radical (unpaired) electrons. The number of hydrogen-bond donors (Lipinski definition) is 2. The minimum absolute atomic E-state index is 0.0604. The maximum atomic E-state index is 12.5. The van der Waals surface area contributed by atoms with E-state index in [0.717, 1.165) is 0 Å². The quantitative estimate of drug-likeness (QED) is 0.605. The molecule has 0 unspecified atom stereocenters. The van der Waals surface area contributed by atoms with Crippen molar-refractivity contribution in [2.24, 2.45) is 0 Å². The Balaban J connectivity index is 2.06. The molecule has 0 bridgehead atoms. The number of hydrazine groups is 1. The van der Waals surface area contributed by atoms with Gasteiger partial charge in [-0.15, -0.1) is 0 Å². The molecule has 0 aromatic heterocycles. The minimum Gasteiger partial charge on any atom is -0.267 e. The fourth-order valence-electron chi connectivity index (χ4n) is 1.75. The van der Waals surface area contributed by atoms with Crippen molar-refractivity contribution in [1.82, 2.24) is 10.9 Å². The van der Waals surface area contributed by atoms with E-state index >= 15 is 0 Å². The third-order valence-corrected chi connectivity index (χ3v) is 4.24. The number of alkyl halides is 2. The van der Waals surface area contributed by atoms with Gasteiger partial charge in [0.1, 0.15) is 0 Å². The fourth-order valence-corrected chi connectivity index (χ4v) is 2.85. The molecule has 2 rings (SSSR count). The molecule has 0 aliphatic rings. The van der Waals surface area contributed by atoms with Gasteiger partial charge in [0.2, 0.25) is 0 Å². The normalized spacial score (nSPS) is 10.4. The lowest BCUT2D eigenvalue weighted by Crippen LogP contribution is -2.41. The van der Waals surface area contributed by atoms with E-state index in [2.05, 4.69) is 26.8 Å². The lowest BCUT2D eigenvalue weighted by Gasteiger charge is -2.11. The van der Waals surface area contributed by atoms with Crippen LogP contribution >= 0.6 is 27.7 Å². The second-order valence-corrected chi connectivity index (χ2v) is 6.15. The van der Waals surface area contributed by atoms with Crippen LogP contribution in [-0.2, 0) is 0 Å². The van der Waals surface area contributed by atoms with Crippen LogP contribution in [0.2, 0.25) is 0 Å². The van der Waals surface area contributed by atoms with E-state index in [1.54, 1.807) is 36.4 Å². The monoisotopic (exact) mass is 400 g/mol. The highest BCUT2D eigenvalue weighted by atomic mass is 79.9. The zero-order valence-electron chi connectivity index (χ0n) is 11.6. The summed E-state index contributed by atoms with van der Waals surface area (Å²) >= 11 is 3.50. The number of benzene rings is 2. The van der Waals surface area contributed by atoms with Crippen LogP contribution < -0.4 is 10.9 Å². The van der Waals surface area contributed by atoms with Gasteiger partial charge in [0.05, 0.1) is 11.1 Å². The molecule has 0 spiro atoms. The summed E-state index contributed by atoms with van der Waals surface area (Å²) in [5.41, 5.74) is 4.87. The molecule has 0 fully saturated rings. The first-order chi connectivity index (χ1) is 11.0. The summed E-state index contributed by atoms with van der Waals surface area (Å²) < 4.78 is 25.6. The third-order valence-electron chi connectivity index (χ3n) is 2.76. The average Bonchev–Trinajstić information content (AvgIpc) is 2.52. The zero-order chi connectivity index (χ0) is 16.8. The number of halogens is 3. The summed E-state index contributed by atoms with van der Waals surface area (Å²) in [7, 11) is 0. The molecular weight excluding hydrogens is 390 g/mol. The summed E-state index contributed by atoms with van der Waals surface area (Å²) in [6.45, 7) is 0. The number of hydrogen-bond acceptors (Lipinski definition) is 3. The molecule has 0 atom stereocenters. The van der Waals surface area contributed by atoms with Gasteiger partial charge in [-0.2, -0.15) is 8.78 Å². The topological polar surface area (TPSA) is 58.2 Å². The van der Waals surface area contributed by atoms with Crippen molar-refractivity contribution in [3.8, 4) is 0 Å². The van der Waals surface area contributed by atoms with Crippen molar-refractivity contribution in [1.29, 1.82) is 0 Å². The molecule has 2 aromatic carbocycles. The van der Waals surface area contributed by atoms with Gasteiger partial charge in [0.15, 0.2) is 0 Å². The Labute approximate surface area is 143 Å². The zero-order valence-corrected chi connectivity index (χ0v) is 14.0. The second-order valence-electron chi connectivity index (χ2n) is 4.26. The van der Waals surface area contributed by atoms with Gasteiger partial charge in [0.25, 0.3) is 17.6 Å². The van der Waals surface area contributed by atoms with Crippen molar-refractivity contribution >= 4 is 39.5 Å². The number of thioether (sulfide) groups is 1. The number of amides is 2. The number of nitrogens with one attached hydrogen (secondary N) is 2. The van der Waals surface area contributed by atoms with Gasteiger partial charge < -0.3 is 0 Å². The number of carbonyl (C=O) groups is 2. The standard InChI is InChI=1S/C15H11BrF2N2O2S/c16-11-7-3-1-5-9(11)13(21)19-20-14(22)10-6-2-4-8-12(10)23-15(17)18/h1-8,15H,(H,19,21)(H,20,22). The Hall–Kier alpha value is -1.93. The molecule has 2 aromatic rings. The number of carbonyl (C=O) groups excluding carboxylic acids is 2. The molecule has 0 aliphatic heterocycles. The molecule has 0 saturated heterocycles. The van der Waals surface area contributed by atoms with E-state index in [1.165, 1.54) is 12.1 Å². The van der Waals surface area contributed by atoms with Gasteiger partial charge in [-0.3, -0.25) is 20.4 Å². The first-order valence-electron chi connectivity index (χ1n) is 6.38. The second kappa shape index (κ2) is 8.07. The Kier molecular flexibility index (Phi) is 6.12. The van der Waals surface area contributed by atoms with E-state index in [1.807, 2.05) is 0 Å². The van der Waals surface area contributed by atoms with Crippen LogP contribution in [0, 0.1) is 0 Å². The summed E-state index contributed by atoms with van der Waals surface area (Å²) in [6, 6.07) is 12.6. The van der Waals surface area contributed by atoms with Crippen molar-refractivity contribution in [2.75, 3.05) is 0 Å². The molecule has 23 heavy (non-hydrogen) atoms. The average molecular weight is 401 g/mol. The van der Waals surface area contributed by atoms with Gasteiger partial charge in [0, 0.05) is 9.37 Å².